The van der Waals surface area contributed by atoms with Crippen LogP contribution in [0.2, 0.25) is 0 Å². The maximum Gasteiger partial charge on any atom is 0.309 e. The molecule has 0 unspecified atom stereocenters. The van der Waals surface area contributed by atoms with Crippen LogP contribution in [0.5, 0.6) is 0 Å². The number of hydrogen-bond acceptors (Lipinski definition) is 5. The van der Waals surface area contributed by atoms with E-state index in [1.165, 1.54) is 25.7 Å². The predicted octanol–water partition coefficient (Wildman–Crippen LogP) is 4.64. The van der Waals surface area contributed by atoms with Crippen molar-refractivity contribution < 1.29 is 25.2 Å². The molecule has 0 aromatic heterocycles. The molecule has 0 radical (unpaired) electrons. The number of aliphatic hydroxyl groups excluding tert-OH is 2. The second-order valence-electron chi connectivity index (χ2n) is 10.2. The lowest BCUT2D eigenvalue weighted by Crippen LogP contribution is -2.44. The Morgan fingerprint density at radius 1 is 0.906 bits per heavy atom. The van der Waals surface area contributed by atoms with E-state index >= 15 is 0 Å². The van der Waals surface area contributed by atoms with Crippen molar-refractivity contribution in [3.8, 4) is 0 Å². The van der Waals surface area contributed by atoms with Gasteiger partial charge in [-0.15, -0.1) is 0 Å². The van der Waals surface area contributed by atoms with Gasteiger partial charge in [0.05, 0.1) is 23.7 Å². The van der Waals surface area contributed by atoms with Crippen LogP contribution in [-0.2, 0) is 4.79 Å². The fourth-order valence-corrected chi connectivity index (χ4v) is 5.30. The summed E-state index contributed by atoms with van der Waals surface area (Å²) >= 11 is 0. The smallest absolute Gasteiger partial charge is 0.309 e. The van der Waals surface area contributed by atoms with Gasteiger partial charge >= 0.3 is 5.97 Å². The molecule has 5 N–H and O–H groups in total. The summed E-state index contributed by atoms with van der Waals surface area (Å²) in [5, 5.41) is 44.5. The van der Waals surface area contributed by atoms with E-state index in [1.54, 1.807) is 0 Å². The number of aliphatic carboxylic acids is 1. The third-order valence-corrected chi connectivity index (χ3v) is 7.43. The van der Waals surface area contributed by atoms with Crippen LogP contribution in [0.4, 0.5) is 0 Å². The molecule has 1 fully saturated rings. The molecule has 0 spiro atoms. The van der Waals surface area contributed by atoms with E-state index in [4.69, 9.17) is 0 Å². The van der Waals surface area contributed by atoms with Crippen molar-refractivity contribution in [1.82, 2.24) is 5.32 Å². The Morgan fingerprint density at radius 2 is 1.44 bits per heavy atom. The van der Waals surface area contributed by atoms with E-state index in [2.05, 4.69) is 12.2 Å². The molecular weight excluding hydrogens is 406 g/mol. The van der Waals surface area contributed by atoms with E-state index in [9.17, 15) is 25.2 Å². The van der Waals surface area contributed by atoms with Gasteiger partial charge in [0.2, 0.25) is 0 Å². The number of rotatable bonds is 20. The molecule has 190 valence electrons. The lowest BCUT2D eigenvalue weighted by atomic mass is 9.79. The van der Waals surface area contributed by atoms with E-state index < -0.39 is 23.6 Å². The molecule has 0 saturated heterocycles. The summed E-state index contributed by atoms with van der Waals surface area (Å²) in [6.07, 6.45) is 14.5. The average molecular weight is 458 g/mol. The normalized spacial score (nSPS) is 19.5. The highest BCUT2D eigenvalue weighted by Gasteiger charge is 2.41. The van der Waals surface area contributed by atoms with Gasteiger partial charge in [-0.05, 0) is 45.6 Å². The number of carboxylic acids is 1. The second-order valence-corrected chi connectivity index (χ2v) is 10.2. The fraction of sp³-hybridized carbons (Fsp3) is 0.962. The van der Waals surface area contributed by atoms with E-state index in [0.717, 1.165) is 70.6 Å². The number of nitrogens with one attached hydrogen (secondary N) is 1. The van der Waals surface area contributed by atoms with E-state index in [1.807, 2.05) is 7.05 Å². The largest absolute Gasteiger partial charge is 0.481 e. The Morgan fingerprint density at radius 3 is 1.94 bits per heavy atom. The standard InChI is InChI=1S/C26H51NO5/c1-3-4-5-6-9-14-22(28)15-10-7-8-11-16-23(25(30)31)24(29)19-21(20-27-2)26(32)17-12-13-18-26/h21-24,27-29,32H,3-20H2,1-2H3,(H,30,31)/t21-,22-,23-,24+/m0/s1. The number of carbonyl (C=O) groups is 1. The Labute approximate surface area is 196 Å². The minimum atomic E-state index is -0.947. The Hall–Kier alpha value is -0.690. The Bertz CT molecular complexity index is 481. The van der Waals surface area contributed by atoms with E-state index in [-0.39, 0.29) is 12.0 Å². The molecule has 0 aromatic rings. The molecule has 6 nitrogen and oxygen atoms in total. The topological polar surface area (TPSA) is 110 Å². The SMILES string of the molecule is CCCCCCC[C@H](O)CCCCCC[C@H](C(=O)O)[C@H](O)C[C@@H](CNC)C1(O)CCCC1. The lowest BCUT2D eigenvalue weighted by molar-refractivity contribution is -0.147. The van der Waals surface area contributed by atoms with Gasteiger partial charge in [-0.25, -0.2) is 0 Å². The maximum absolute atomic E-state index is 11.8. The maximum atomic E-state index is 11.8. The minimum absolute atomic E-state index is 0.129. The first-order valence-corrected chi connectivity index (χ1v) is 13.3. The summed E-state index contributed by atoms with van der Waals surface area (Å²) in [6.45, 7) is 2.79. The molecular formula is C26H51NO5. The number of carboxylic acid groups (broad SMARTS) is 1. The molecule has 1 aliphatic rings. The summed E-state index contributed by atoms with van der Waals surface area (Å²) in [5.74, 6) is -1.86. The zero-order valence-corrected chi connectivity index (χ0v) is 20.7. The van der Waals surface area contributed by atoms with Crippen LogP contribution in [0.15, 0.2) is 0 Å². The third-order valence-electron chi connectivity index (χ3n) is 7.43. The van der Waals surface area contributed by atoms with Crippen molar-refractivity contribution in [1.29, 1.82) is 0 Å². The summed E-state index contributed by atoms with van der Waals surface area (Å²) in [6, 6.07) is 0. The van der Waals surface area contributed by atoms with Crippen LogP contribution in [0.3, 0.4) is 0 Å². The third kappa shape index (κ3) is 11.4. The molecule has 32 heavy (non-hydrogen) atoms. The highest BCUT2D eigenvalue weighted by Crippen LogP contribution is 2.38. The van der Waals surface area contributed by atoms with Crippen LogP contribution >= 0.6 is 0 Å². The molecule has 6 heteroatoms. The molecule has 0 bridgehead atoms. The molecule has 0 heterocycles. The summed E-state index contributed by atoms with van der Waals surface area (Å²) in [5.41, 5.74) is -0.788. The molecule has 0 aromatic carbocycles. The van der Waals surface area contributed by atoms with Crippen LogP contribution in [0, 0.1) is 11.8 Å². The van der Waals surface area contributed by atoms with Crippen LogP contribution in [-0.4, -0.2) is 57.8 Å². The van der Waals surface area contributed by atoms with Gasteiger partial charge in [-0.2, -0.15) is 0 Å². The fourth-order valence-electron chi connectivity index (χ4n) is 5.30. The van der Waals surface area contributed by atoms with Crippen molar-refractivity contribution in [2.24, 2.45) is 11.8 Å². The first-order chi connectivity index (χ1) is 15.3. The Kier molecular flexibility index (Phi) is 15.5. The number of hydrogen-bond donors (Lipinski definition) is 5. The summed E-state index contributed by atoms with van der Waals surface area (Å²) in [4.78, 5) is 11.8. The van der Waals surface area contributed by atoms with Crippen molar-refractivity contribution in [2.45, 2.75) is 134 Å². The van der Waals surface area contributed by atoms with Gasteiger partial charge in [-0.3, -0.25) is 4.79 Å². The summed E-state index contributed by atoms with van der Waals surface area (Å²) < 4.78 is 0. The second kappa shape index (κ2) is 16.9. The minimum Gasteiger partial charge on any atom is -0.481 e. The highest BCUT2D eigenvalue weighted by atomic mass is 16.4. The number of aliphatic hydroxyl groups is 3. The lowest BCUT2D eigenvalue weighted by Gasteiger charge is -2.35. The van der Waals surface area contributed by atoms with Gasteiger partial charge in [0.25, 0.3) is 0 Å². The molecule has 4 atom stereocenters. The first kappa shape index (κ1) is 29.3. The zero-order chi connectivity index (χ0) is 23.8. The van der Waals surface area contributed by atoms with Gasteiger partial charge in [0.15, 0.2) is 0 Å². The van der Waals surface area contributed by atoms with Crippen LogP contribution in [0.1, 0.15) is 116 Å². The average Bonchev–Trinajstić information content (AvgIpc) is 3.20. The molecule has 1 saturated carbocycles. The predicted molar refractivity (Wildman–Crippen MR) is 130 cm³/mol. The number of unbranched alkanes of at least 4 members (excludes halogenated alkanes) is 7. The van der Waals surface area contributed by atoms with Gasteiger partial charge in [-0.1, -0.05) is 77.6 Å². The van der Waals surface area contributed by atoms with Gasteiger partial charge < -0.3 is 25.7 Å². The van der Waals surface area contributed by atoms with Crippen molar-refractivity contribution in [2.75, 3.05) is 13.6 Å². The zero-order valence-electron chi connectivity index (χ0n) is 20.7. The highest BCUT2D eigenvalue weighted by molar-refractivity contribution is 5.70. The van der Waals surface area contributed by atoms with Crippen molar-refractivity contribution in [3.05, 3.63) is 0 Å². The Balaban J connectivity index is 2.29. The van der Waals surface area contributed by atoms with Crippen molar-refractivity contribution >= 4 is 5.97 Å². The summed E-state index contributed by atoms with van der Waals surface area (Å²) in [7, 11) is 1.83. The molecule has 1 aliphatic carbocycles. The van der Waals surface area contributed by atoms with E-state index in [0.29, 0.717) is 19.4 Å². The van der Waals surface area contributed by atoms with Crippen molar-refractivity contribution in [3.63, 3.8) is 0 Å². The quantitative estimate of drug-likeness (QED) is 0.170. The van der Waals surface area contributed by atoms with Crippen LogP contribution in [0.25, 0.3) is 0 Å². The first-order valence-electron chi connectivity index (χ1n) is 13.3. The molecule has 0 aliphatic heterocycles. The van der Waals surface area contributed by atoms with Crippen LogP contribution < -0.4 is 5.32 Å². The monoisotopic (exact) mass is 457 g/mol. The van der Waals surface area contributed by atoms with Gasteiger partial charge in [0, 0.05) is 12.5 Å². The molecule has 1 rings (SSSR count). The molecule has 0 amide bonds. The van der Waals surface area contributed by atoms with Gasteiger partial charge in [0.1, 0.15) is 0 Å².